The van der Waals surface area contributed by atoms with Gasteiger partial charge in [0, 0.05) is 0 Å². The second-order valence-corrected chi connectivity index (χ2v) is 2.49. The van der Waals surface area contributed by atoms with Crippen molar-refractivity contribution in [3.63, 3.8) is 0 Å². The maximum Gasteiger partial charge on any atom is 0.240 e. The molecule has 66 valence electrons. The molecule has 0 aliphatic rings. The smallest absolute Gasteiger partial charge is 0.240 e. The highest BCUT2D eigenvalue weighted by Crippen LogP contribution is 2.14. The molecule has 0 saturated heterocycles. The van der Waals surface area contributed by atoms with Crippen LogP contribution < -0.4 is 10.5 Å². The van der Waals surface area contributed by atoms with Crippen molar-refractivity contribution < 1.29 is 4.74 Å². The van der Waals surface area contributed by atoms with Gasteiger partial charge in [-0.05, 0) is 6.42 Å². The number of nitrogen functional groups attached to an aromatic ring is 1. The number of rotatable bonds is 4. The third kappa shape index (κ3) is 2.38. The maximum atomic E-state index is 5.55. The first-order valence-electron chi connectivity index (χ1n) is 4.03. The minimum atomic E-state index is 0.485. The molecule has 0 aliphatic heterocycles. The molecule has 4 nitrogen and oxygen atoms in total. The Morgan fingerprint density at radius 1 is 1.58 bits per heavy atom. The predicted octanol–water partition coefficient (Wildman–Crippen LogP) is 1.24. The van der Waals surface area contributed by atoms with E-state index in [1.807, 2.05) is 0 Å². The summed E-state index contributed by atoms with van der Waals surface area (Å²) in [5.74, 6) is 0.485. The quantitative estimate of drug-likeness (QED) is 0.685. The molecule has 0 aliphatic carbocycles. The van der Waals surface area contributed by atoms with Crippen molar-refractivity contribution in [1.29, 1.82) is 0 Å². The summed E-state index contributed by atoms with van der Waals surface area (Å²) in [6.45, 7) is 2.77. The van der Waals surface area contributed by atoms with Gasteiger partial charge >= 0.3 is 0 Å². The van der Waals surface area contributed by atoms with Gasteiger partial charge in [0.2, 0.25) is 5.88 Å². The number of ether oxygens (including phenoxy) is 1. The van der Waals surface area contributed by atoms with Crippen LogP contribution in [0.5, 0.6) is 5.88 Å². The lowest BCUT2D eigenvalue weighted by molar-refractivity contribution is 0.299. The zero-order chi connectivity index (χ0) is 8.81. The van der Waals surface area contributed by atoms with Gasteiger partial charge in [-0.15, -0.1) is 0 Å². The Labute approximate surface area is 71.8 Å². The third-order valence-electron chi connectivity index (χ3n) is 1.44. The largest absolute Gasteiger partial charge is 0.476 e. The second-order valence-electron chi connectivity index (χ2n) is 2.49. The number of nitrogens with two attached hydrogens (primary N) is 1. The standard InChI is InChI=1S/C8H13N3O/c1-2-3-4-12-8-7(9)5-10-6-11-8/h5-6H,2-4,9H2,1H3. The summed E-state index contributed by atoms with van der Waals surface area (Å²) in [6, 6.07) is 0. The first-order chi connectivity index (χ1) is 5.84. The Kier molecular flexibility index (Phi) is 3.32. The molecule has 0 unspecified atom stereocenters. The van der Waals surface area contributed by atoms with E-state index in [1.165, 1.54) is 12.5 Å². The Hall–Kier alpha value is -1.32. The molecule has 0 saturated carbocycles. The van der Waals surface area contributed by atoms with Crippen LogP contribution in [0.2, 0.25) is 0 Å². The average molecular weight is 167 g/mol. The van der Waals surface area contributed by atoms with Crippen molar-refractivity contribution in [1.82, 2.24) is 9.97 Å². The Morgan fingerprint density at radius 3 is 3.08 bits per heavy atom. The van der Waals surface area contributed by atoms with Crippen LogP contribution >= 0.6 is 0 Å². The van der Waals surface area contributed by atoms with Crippen molar-refractivity contribution in [3.8, 4) is 5.88 Å². The Morgan fingerprint density at radius 2 is 2.42 bits per heavy atom. The third-order valence-corrected chi connectivity index (χ3v) is 1.44. The summed E-state index contributed by atoms with van der Waals surface area (Å²) in [5.41, 5.74) is 6.05. The summed E-state index contributed by atoms with van der Waals surface area (Å²) in [5, 5.41) is 0. The van der Waals surface area contributed by atoms with E-state index in [1.54, 1.807) is 0 Å². The van der Waals surface area contributed by atoms with Crippen LogP contribution in [0.25, 0.3) is 0 Å². The maximum absolute atomic E-state index is 5.55. The van der Waals surface area contributed by atoms with E-state index in [-0.39, 0.29) is 0 Å². The highest BCUT2D eigenvalue weighted by Gasteiger charge is 1.98. The molecule has 1 aromatic heterocycles. The fourth-order valence-electron chi connectivity index (χ4n) is 0.763. The number of aromatic nitrogens is 2. The Balaban J connectivity index is 2.46. The summed E-state index contributed by atoms with van der Waals surface area (Å²) in [6.07, 6.45) is 5.08. The second kappa shape index (κ2) is 4.54. The van der Waals surface area contributed by atoms with E-state index >= 15 is 0 Å². The summed E-state index contributed by atoms with van der Waals surface area (Å²) in [4.78, 5) is 7.65. The van der Waals surface area contributed by atoms with Crippen molar-refractivity contribution in [2.75, 3.05) is 12.3 Å². The minimum absolute atomic E-state index is 0.485. The van der Waals surface area contributed by atoms with Crippen molar-refractivity contribution in [3.05, 3.63) is 12.5 Å². The van der Waals surface area contributed by atoms with Gasteiger partial charge in [-0.2, -0.15) is 0 Å². The van der Waals surface area contributed by atoms with Crippen LogP contribution in [0.4, 0.5) is 5.69 Å². The number of nitrogens with zero attached hydrogens (tertiary/aromatic N) is 2. The van der Waals surface area contributed by atoms with Gasteiger partial charge < -0.3 is 10.5 Å². The average Bonchev–Trinajstić information content (AvgIpc) is 2.09. The van der Waals surface area contributed by atoms with Gasteiger partial charge in [-0.1, -0.05) is 13.3 Å². The van der Waals surface area contributed by atoms with Crippen molar-refractivity contribution >= 4 is 5.69 Å². The van der Waals surface area contributed by atoms with Gasteiger partial charge in [0.15, 0.2) is 0 Å². The first kappa shape index (κ1) is 8.77. The predicted molar refractivity (Wildman–Crippen MR) is 46.8 cm³/mol. The number of anilines is 1. The number of unbranched alkanes of at least 4 members (excludes halogenated alkanes) is 1. The molecule has 2 N–H and O–H groups in total. The topological polar surface area (TPSA) is 61.0 Å². The lowest BCUT2D eigenvalue weighted by Gasteiger charge is -2.04. The van der Waals surface area contributed by atoms with E-state index in [9.17, 15) is 0 Å². The molecule has 1 heterocycles. The van der Waals surface area contributed by atoms with Gasteiger partial charge in [0.05, 0.1) is 12.8 Å². The molecule has 0 aromatic carbocycles. The van der Waals surface area contributed by atoms with E-state index in [4.69, 9.17) is 10.5 Å². The molecule has 0 bridgehead atoms. The monoisotopic (exact) mass is 167 g/mol. The van der Waals surface area contributed by atoms with Gasteiger partial charge in [-0.25, -0.2) is 9.97 Å². The fraction of sp³-hybridized carbons (Fsp3) is 0.500. The lowest BCUT2D eigenvalue weighted by atomic mass is 10.4. The van der Waals surface area contributed by atoms with Crippen LogP contribution in [-0.4, -0.2) is 16.6 Å². The summed E-state index contributed by atoms with van der Waals surface area (Å²) >= 11 is 0. The molecule has 12 heavy (non-hydrogen) atoms. The molecule has 1 rings (SSSR count). The number of hydrogen-bond acceptors (Lipinski definition) is 4. The van der Waals surface area contributed by atoms with Crippen LogP contribution in [0, 0.1) is 0 Å². The zero-order valence-electron chi connectivity index (χ0n) is 7.16. The highest BCUT2D eigenvalue weighted by molar-refractivity contribution is 5.44. The minimum Gasteiger partial charge on any atom is -0.476 e. The van der Waals surface area contributed by atoms with E-state index < -0.39 is 0 Å². The first-order valence-corrected chi connectivity index (χ1v) is 4.03. The summed E-state index contributed by atoms with van der Waals surface area (Å²) in [7, 11) is 0. The molecule has 0 amide bonds. The lowest BCUT2D eigenvalue weighted by Crippen LogP contribution is -2.02. The molecule has 0 atom stereocenters. The molecule has 0 spiro atoms. The van der Waals surface area contributed by atoms with Gasteiger partial charge in [-0.3, -0.25) is 0 Å². The Bertz CT molecular complexity index is 239. The SMILES string of the molecule is CCCCOc1ncncc1N. The van der Waals surface area contributed by atoms with Crippen molar-refractivity contribution in [2.24, 2.45) is 0 Å². The molecule has 4 heteroatoms. The zero-order valence-corrected chi connectivity index (χ0v) is 7.16. The molecule has 1 aromatic rings. The van der Waals surface area contributed by atoms with Crippen LogP contribution in [0.3, 0.4) is 0 Å². The normalized spacial score (nSPS) is 9.75. The van der Waals surface area contributed by atoms with Crippen LogP contribution in [0.1, 0.15) is 19.8 Å². The number of hydrogen-bond donors (Lipinski definition) is 1. The molecular weight excluding hydrogens is 154 g/mol. The van der Waals surface area contributed by atoms with E-state index in [2.05, 4.69) is 16.9 Å². The van der Waals surface area contributed by atoms with Gasteiger partial charge in [0.1, 0.15) is 12.0 Å². The van der Waals surface area contributed by atoms with Crippen molar-refractivity contribution in [2.45, 2.75) is 19.8 Å². The molecule has 0 fully saturated rings. The molecular formula is C8H13N3O. The van der Waals surface area contributed by atoms with Crippen LogP contribution in [0.15, 0.2) is 12.5 Å². The van der Waals surface area contributed by atoms with E-state index in [0.717, 1.165) is 12.8 Å². The molecule has 0 radical (unpaired) electrons. The fourth-order valence-corrected chi connectivity index (χ4v) is 0.763. The van der Waals surface area contributed by atoms with Crippen LogP contribution in [-0.2, 0) is 0 Å². The summed E-state index contributed by atoms with van der Waals surface area (Å²) < 4.78 is 5.30. The van der Waals surface area contributed by atoms with Gasteiger partial charge in [0.25, 0.3) is 0 Å². The van der Waals surface area contributed by atoms with E-state index in [0.29, 0.717) is 18.2 Å². The highest BCUT2D eigenvalue weighted by atomic mass is 16.5.